The van der Waals surface area contributed by atoms with Crippen molar-refractivity contribution in [3.05, 3.63) is 23.9 Å². The van der Waals surface area contributed by atoms with E-state index >= 15 is 0 Å². The van der Waals surface area contributed by atoms with Crippen LogP contribution in [-0.2, 0) is 0 Å². The van der Waals surface area contributed by atoms with Gasteiger partial charge >= 0.3 is 0 Å². The molecule has 0 saturated carbocycles. The van der Waals surface area contributed by atoms with Gasteiger partial charge in [0.05, 0.1) is 0 Å². The number of allylic oxidation sites excluding steroid dienone is 2. The van der Waals surface area contributed by atoms with Crippen LogP contribution in [0.3, 0.4) is 0 Å². The van der Waals surface area contributed by atoms with E-state index < -0.39 is 6.17 Å². The second kappa shape index (κ2) is 1.87. The molecular formula is C7H5FN2. The molecule has 0 saturated heterocycles. The molecule has 0 aromatic rings. The molecule has 2 nitrogen and oxygen atoms in total. The highest BCUT2D eigenvalue weighted by Gasteiger charge is 2.19. The Morgan fingerprint density at radius 3 is 3.20 bits per heavy atom. The van der Waals surface area contributed by atoms with Crippen molar-refractivity contribution in [3.8, 4) is 0 Å². The molecule has 0 fully saturated rings. The molecule has 0 radical (unpaired) electrons. The predicted octanol–water partition coefficient (Wildman–Crippen LogP) is 1.26. The van der Waals surface area contributed by atoms with Crippen LogP contribution >= 0.6 is 0 Å². The second-order valence-electron chi connectivity index (χ2n) is 2.10. The van der Waals surface area contributed by atoms with Gasteiger partial charge in [0, 0.05) is 18.0 Å². The van der Waals surface area contributed by atoms with E-state index in [4.69, 9.17) is 0 Å². The highest BCUT2D eigenvalue weighted by Crippen LogP contribution is 2.18. The number of halogens is 1. The number of hydrogen-bond donors (Lipinski definition) is 0. The Labute approximate surface area is 57.5 Å². The van der Waals surface area contributed by atoms with Gasteiger partial charge in [-0.1, -0.05) is 0 Å². The third-order valence-corrected chi connectivity index (χ3v) is 1.46. The zero-order valence-electron chi connectivity index (χ0n) is 5.16. The molecule has 1 atom stereocenters. The van der Waals surface area contributed by atoms with Crippen LogP contribution < -0.4 is 0 Å². The number of aliphatic imine (C=N–C) groups is 2. The summed E-state index contributed by atoms with van der Waals surface area (Å²) in [6.07, 6.45) is 5.04. The summed E-state index contributed by atoms with van der Waals surface area (Å²) < 4.78 is 12.8. The summed E-state index contributed by atoms with van der Waals surface area (Å²) in [5.41, 5.74) is 0.572. The van der Waals surface area contributed by atoms with E-state index in [2.05, 4.69) is 9.98 Å². The van der Waals surface area contributed by atoms with Crippen LogP contribution in [0, 0.1) is 0 Å². The Morgan fingerprint density at radius 2 is 2.40 bits per heavy atom. The van der Waals surface area contributed by atoms with Gasteiger partial charge in [-0.05, 0) is 12.2 Å². The molecule has 0 aromatic heterocycles. The second-order valence-corrected chi connectivity index (χ2v) is 2.10. The molecule has 0 spiro atoms. The molecule has 3 heteroatoms. The zero-order valence-corrected chi connectivity index (χ0v) is 5.16. The number of hydrogen-bond acceptors (Lipinski definition) is 2. The van der Waals surface area contributed by atoms with Crippen molar-refractivity contribution in [2.75, 3.05) is 0 Å². The molecule has 0 aromatic carbocycles. The fraction of sp³-hybridized carbons (Fsp3) is 0.143. The molecule has 2 rings (SSSR count). The fourth-order valence-corrected chi connectivity index (χ4v) is 0.953. The lowest BCUT2D eigenvalue weighted by Crippen LogP contribution is -2.10. The molecule has 2 aliphatic rings. The van der Waals surface area contributed by atoms with Gasteiger partial charge < -0.3 is 0 Å². The lowest BCUT2D eigenvalue weighted by molar-refractivity contribution is 0.457. The third kappa shape index (κ3) is 0.635. The third-order valence-electron chi connectivity index (χ3n) is 1.46. The summed E-state index contributed by atoms with van der Waals surface area (Å²) in [6, 6.07) is 0. The van der Waals surface area contributed by atoms with E-state index in [1.165, 1.54) is 12.3 Å². The smallest absolute Gasteiger partial charge is 0.158 e. The van der Waals surface area contributed by atoms with Crippen molar-refractivity contribution in [2.24, 2.45) is 9.98 Å². The molecule has 2 heterocycles. The number of alkyl halides is 1. The normalized spacial score (nSPS) is 27.9. The monoisotopic (exact) mass is 136 g/mol. The number of amidine groups is 1. The van der Waals surface area contributed by atoms with Gasteiger partial charge in [-0.3, -0.25) is 0 Å². The van der Waals surface area contributed by atoms with E-state index in [0.29, 0.717) is 11.4 Å². The van der Waals surface area contributed by atoms with Gasteiger partial charge in [0.1, 0.15) is 6.17 Å². The lowest BCUT2D eigenvalue weighted by Gasteiger charge is -2.07. The summed E-state index contributed by atoms with van der Waals surface area (Å²) in [6.45, 7) is 0. The summed E-state index contributed by atoms with van der Waals surface area (Å²) in [5.74, 6) is 0.509. The van der Waals surface area contributed by atoms with Crippen molar-refractivity contribution in [1.29, 1.82) is 0 Å². The predicted molar refractivity (Wildman–Crippen MR) is 38.0 cm³/mol. The number of rotatable bonds is 0. The van der Waals surface area contributed by atoms with Crippen molar-refractivity contribution in [3.63, 3.8) is 0 Å². The molecule has 0 unspecified atom stereocenters. The van der Waals surface area contributed by atoms with Gasteiger partial charge in [0.15, 0.2) is 5.84 Å². The Bertz CT molecular complexity index is 273. The molecule has 0 amide bonds. The van der Waals surface area contributed by atoms with Crippen LogP contribution in [0.1, 0.15) is 0 Å². The van der Waals surface area contributed by atoms with Crippen molar-refractivity contribution < 1.29 is 4.39 Å². The first-order chi connectivity index (χ1) is 4.88. The molecule has 50 valence electrons. The lowest BCUT2D eigenvalue weighted by atomic mass is 10.1. The Morgan fingerprint density at radius 1 is 1.50 bits per heavy atom. The van der Waals surface area contributed by atoms with E-state index in [0.717, 1.165) is 0 Å². The molecule has 0 aliphatic carbocycles. The maximum Gasteiger partial charge on any atom is 0.158 e. The molecule has 0 N–H and O–H groups in total. The Balaban J connectivity index is 2.45. The summed E-state index contributed by atoms with van der Waals surface area (Å²) in [5, 5.41) is 0. The van der Waals surface area contributed by atoms with Crippen molar-refractivity contribution in [1.82, 2.24) is 0 Å². The first kappa shape index (κ1) is 5.53. The SMILES string of the molecule is F[C@H]1C=CN=C2N=CC=C21. The van der Waals surface area contributed by atoms with E-state index in [1.54, 1.807) is 12.3 Å². The number of fused-ring (bicyclic) bond motifs is 1. The number of nitrogens with zero attached hydrogens (tertiary/aromatic N) is 2. The first-order valence-electron chi connectivity index (χ1n) is 3.01. The van der Waals surface area contributed by atoms with Crippen LogP contribution in [0.15, 0.2) is 33.9 Å². The van der Waals surface area contributed by atoms with Gasteiger partial charge in [-0.15, -0.1) is 0 Å². The van der Waals surface area contributed by atoms with Gasteiger partial charge in [0.25, 0.3) is 0 Å². The van der Waals surface area contributed by atoms with Crippen LogP contribution in [-0.4, -0.2) is 18.2 Å². The maximum absolute atomic E-state index is 12.8. The minimum absolute atomic E-state index is 0.509. The Kier molecular flexibility index (Phi) is 1.03. The molecule has 0 bridgehead atoms. The summed E-state index contributed by atoms with van der Waals surface area (Å²) in [7, 11) is 0. The molecular weight excluding hydrogens is 131 g/mol. The Hall–Kier alpha value is -1.25. The van der Waals surface area contributed by atoms with Gasteiger partial charge in [-0.25, -0.2) is 14.4 Å². The minimum Gasteiger partial charge on any atom is -0.237 e. The van der Waals surface area contributed by atoms with Crippen molar-refractivity contribution in [2.45, 2.75) is 6.17 Å². The molecule has 10 heavy (non-hydrogen) atoms. The average Bonchev–Trinajstić information content (AvgIpc) is 2.36. The van der Waals surface area contributed by atoms with Crippen LogP contribution in [0.4, 0.5) is 4.39 Å². The van der Waals surface area contributed by atoms with E-state index in [9.17, 15) is 4.39 Å². The van der Waals surface area contributed by atoms with Crippen LogP contribution in [0.5, 0.6) is 0 Å². The minimum atomic E-state index is -1.02. The van der Waals surface area contributed by atoms with E-state index in [1.807, 2.05) is 0 Å². The van der Waals surface area contributed by atoms with Gasteiger partial charge in [-0.2, -0.15) is 0 Å². The average molecular weight is 136 g/mol. The zero-order chi connectivity index (χ0) is 6.97. The standard InChI is InChI=1S/C7H5FN2/c8-6-2-4-10-7-5(6)1-3-9-7/h1-4,6H/t6-/m0/s1. The van der Waals surface area contributed by atoms with Crippen LogP contribution in [0.2, 0.25) is 0 Å². The van der Waals surface area contributed by atoms with Crippen molar-refractivity contribution >= 4 is 12.1 Å². The highest BCUT2D eigenvalue weighted by molar-refractivity contribution is 6.12. The topological polar surface area (TPSA) is 24.7 Å². The van der Waals surface area contributed by atoms with Crippen LogP contribution in [0.25, 0.3) is 0 Å². The van der Waals surface area contributed by atoms with Gasteiger partial charge in [0.2, 0.25) is 0 Å². The maximum atomic E-state index is 12.8. The fourth-order valence-electron chi connectivity index (χ4n) is 0.953. The quantitative estimate of drug-likeness (QED) is 0.479. The summed E-state index contributed by atoms with van der Waals surface area (Å²) >= 11 is 0. The molecule has 2 aliphatic heterocycles. The summed E-state index contributed by atoms with van der Waals surface area (Å²) in [4.78, 5) is 7.72. The highest BCUT2D eigenvalue weighted by atomic mass is 19.1. The van der Waals surface area contributed by atoms with E-state index in [-0.39, 0.29) is 0 Å². The first-order valence-corrected chi connectivity index (χ1v) is 3.01. The largest absolute Gasteiger partial charge is 0.237 e.